The van der Waals surface area contributed by atoms with Crippen LogP contribution in [0.25, 0.3) is 0 Å². The van der Waals surface area contributed by atoms with Gasteiger partial charge in [0.15, 0.2) is 0 Å². The molecule has 0 aromatic rings. The lowest BCUT2D eigenvalue weighted by molar-refractivity contribution is -0.118. The van der Waals surface area contributed by atoms with E-state index in [1.807, 2.05) is 0 Å². The Balaban J connectivity index is 0.000000810. The van der Waals surface area contributed by atoms with Gasteiger partial charge in [-0.2, -0.15) is 0 Å². The molecule has 1 N–H and O–H groups in total. The molecule has 0 aromatic heterocycles. The largest absolute Gasteiger partial charge is 0.355 e. The fourth-order valence-corrected chi connectivity index (χ4v) is 0.875. The second-order valence-electron chi connectivity index (χ2n) is 2.25. The van der Waals surface area contributed by atoms with Crippen molar-refractivity contribution < 1.29 is 15.0 Å². The van der Waals surface area contributed by atoms with Crippen LogP contribution in [0.15, 0.2) is 0 Å². The average molecular weight is 137 g/mol. The van der Waals surface area contributed by atoms with Gasteiger partial charge in [0.05, 0.1) is 0 Å². The van der Waals surface area contributed by atoms with Gasteiger partial charge in [0.25, 0.3) is 5.92 Å². The van der Waals surface area contributed by atoms with Gasteiger partial charge >= 0.3 is 0 Å². The third-order valence-corrected chi connectivity index (χ3v) is 1.39. The van der Waals surface area contributed by atoms with Crippen molar-refractivity contribution in [3.05, 3.63) is 0 Å². The van der Waals surface area contributed by atoms with Crippen LogP contribution in [0.5, 0.6) is 0 Å². The molecule has 0 spiro atoms. The SMILES string of the molecule is O=CNC1CC(F)(F)C1.[HH]. The fourth-order valence-electron chi connectivity index (χ4n) is 0.875. The van der Waals surface area contributed by atoms with Crippen LogP contribution in [0.3, 0.4) is 0 Å². The molecule has 4 heteroatoms. The smallest absolute Gasteiger partial charge is 0.252 e. The maximum Gasteiger partial charge on any atom is 0.252 e. The molecule has 0 aliphatic heterocycles. The summed E-state index contributed by atoms with van der Waals surface area (Å²) in [5, 5.41) is 2.28. The van der Waals surface area contributed by atoms with Crippen LogP contribution in [-0.2, 0) is 4.79 Å². The lowest BCUT2D eigenvalue weighted by atomic mass is 9.88. The van der Waals surface area contributed by atoms with Crippen molar-refractivity contribution in [3.8, 4) is 0 Å². The van der Waals surface area contributed by atoms with Gasteiger partial charge < -0.3 is 5.32 Å². The van der Waals surface area contributed by atoms with E-state index in [1.165, 1.54) is 0 Å². The molecular weight excluding hydrogens is 128 g/mol. The number of nitrogens with one attached hydrogen (secondary N) is 1. The van der Waals surface area contributed by atoms with E-state index in [-0.39, 0.29) is 20.3 Å². The normalized spacial score (nSPS) is 24.7. The van der Waals surface area contributed by atoms with Gasteiger partial charge in [0, 0.05) is 20.3 Å². The number of hydrogen-bond donors (Lipinski definition) is 1. The van der Waals surface area contributed by atoms with Gasteiger partial charge in [-0.05, 0) is 0 Å². The van der Waals surface area contributed by atoms with Crippen molar-refractivity contribution in [2.75, 3.05) is 0 Å². The van der Waals surface area contributed by atoms with E-state index in [2.05, 4.69) is 5.32 Å². The molecule has 9 heavy (non-hydrogen) atoms. The van der Waals surface area contributed by atoms with Crippen LogP contribution >= 0.6 is 0 Å². The number of amides is 1. The first-order valence-electron chi connectivity index (χ1n) is 2.71. The Morgan fingerprint density at radius 1 is 1.67 bits per heavy atom. The topological polar surface area (TPSA) is 29.1 Å². The second kappa shape index (κ2) is 1.93. The van der Waals surface area contributed by atoms with Crippen LogP contribution in [0.4, 0.5) is 8.78 Å². The molecule has 1 saturated carbocycles. The zero-order valence-corrected chi connectivity index (χ0v) is 4.73. The van der Waals surface area contributed by atoms with Crippen LogP contribution in [0, 0.1) is 0 Å². The quantitative estimate of drug-likeness (QED) is 0.560. The third kappa shape index (κ3) is 1.37. The lowest BCUT2D eigenvalue weighted by Crippen LogP contribution is -2.47. The Labute approximate surface area is 52.7 Å². The molecule has 0 radical (unpaired) electrons. The molecule has 54 valence electrons. The number of rotatable bonds is 2. The summed E-state index contributed by atoms with van der Waals surface area (Å²) < 4.78 is 23.9. The van der Waals surface area contributed by atoms with E-state index in [4.69, 9.17) is 0 Å². The van der Waals surface area contributed by atoms with E-state index >= 15 is 0 Å². The van der Waals surface area contributed by atoms with Crippen molar-refractivity contribution in [2.45, 2.75) is 24.8 Å². The van der Waals surface area contributed by atoms with Gasteiger partial charge in [-0.15, -0.1) is 0 Å². The zero-order valence-electron chi connectivity index (χ0n) is 4.73. The Morgan fingerprint density at radius 3 is 2.56 bits per heavy atom. The molecule has 1 fully saturated rings. The molecule has 0 bridgehead atoms. The first kappa shape index (κ1) is 6.45. The van der Waals surface area contributed by atoms with E-state index in [9.17, 15) is 13.6 Å². The van der Waals surface area contributed by atoms with Crippen molar-refractivity contribution >= 4 is 6.41 Å². The Hall–Kier alpha value is -0.670. The summed E-state index contributed by atoms with van der Waals surface area (Å²) in [7, 11) is 0. The molecule has 0 saturated heterocycles. The number of carbonyl (C=O) groups excluding carboxylic acids is 1. The van der Waals surface area contributed by atoms with Crippen LogP contribution in [0.2, 0.25) is 0 Å². The number of alkyl halides is 2. The molecule has 0 aromatic carbocycles. The summed E-state index contributed by atoms with van der Waals surface area (Å²) in [5.41, 5.74) is 0. The molecule has 1 rings (SSSR count). The van der Waals surface area contributed by atoms with Crippen LogP contribution < -0.4 is 5.32 Å². The van der Waals surface area contributed by atoms with Gasteiger partial charge in [0.2, 0.25) is 6.41 Å². The van der Waals surface area contributed by atoms with Gasteiger partial charge in [-0.25, -0.2) is 8.78 Å². The van der Waals surface area contributed by atoms with Gasteiger partial charge in [-0.1, -0.05) is 0 Å². The summed E-state index contributed by atoms with van der Waals surface area (Å²) >= 11 is 0. The molecule has 1 amide bonds. The summed E-state index contributed by atoms with van der Waals surface area (Å²) in [6.07, 6.45) is 0.0530. The monoisotopic (exact) mass is 137 g/mol. The molecular formula is C5H9F2NO. The summed E-state index contributed by atoms with van der Waals surface area (Å²) in [6.45, 7) is 0. The molecule has 0 atom stereocenters. The van der Waals surface area contributed by atoms with E-state index in [0.717, 1.165) is 0 Å². The van der Waals surface area contributed by atoms with E-state index in [0.29, 0.717) is 6.41 Å². The first-order valence-corrected chi connectivity index (χ1v) is 2.71. The minimum atomic E-state index is -2.53. The first-order chi connectivity index (χ1) is 4.14. The van der Waals surface area contributed by atoms with Crippen LogP contribution in [0.1, 0.15) is 14.3 Å². The second-order valence-corrected chi connectivity index (χ2v) is 2.25. The average Bonchev–Trinajstić information content (AvgIpc) is 1.62. The molecule has 1 aliphatic rings. The molecule has 1 aliphatic carbocycles. The molecule has 0 unspecified atom stereocenters. The highest BCUT2D eigenvalue weighted by Gasteiger charge is 2.44. The summed E-state index contributed by atoms with van der Waals surface area (Å²) in [5.74, 6) is -2.53. The number of carbonyl (C=O) groups is 1. The van der Waals surface area contributed by atoms with Gasteiger partial charge in [0.1, 0.15) is 0 Å². The number of halogens is 2. The highest BCUT2D eigenvalue weighted by molar-refractivity contribution is 5.47. The fraction of sp³-hybridized carbons (Fsp3) is 0.800. The Morgan fingerprint density at radius 2 is 2.22 bits per heavy atom. The summed E-state index contributed by atoms with van der Waals surface area (Å²) in [6, 6.07) is -0.294. The van der Waals surface area contributed by atoms with E-state index in [1.54, 1.807) is 0 Å². The van der Waals surface area contributed by atoms with Gasteiger partial charge in [-0.3, -0.25) is 4.79 Å². The van der Waals surface area contributed by atoms with E-state index < -0.39 is 5.92 Å². The van der Waals surface area contributed by atoms with Crippen LogP contribution in [-0.4, -0.2) is 18.4 Å². The van der Waals surface area contributed by atoms with Crippen molar-refractivity contribution in [1.82, 2.24) is 5.32 Å². The highest BCUT2D eigenvalue weighted by Crippen LogP contribution is 2.36. The minimum absolute atomic E-state index is 0. The van der Waals surface area contributed by atoms with Crippen molar-refractivity contribution in [2.24, 2.45) is 0 Å². The maximum absolute atomic E-state index is 12.0. The molecule has 0 heterocycles. The minimum Gasteiger partial charge on any atom is -0.355 e. The number of hydrogen-bond acceptors (Lipinski definition) is 1. The lowest BCUT2D eigenvalue weighted by Gasteiger charge is -2.34. The van der Waals surface area contributed by atoms with Crippen molar-refractivity contribution in [1.29, 1.82) is 0 Å². The molecule has 2 nitrogen and oxygen atoms in total. The highest BCUT2D eigenvalue weighted by atomic mass is 19.3. The Kier molecular flexibility index (Phi) is 1.38. The third-order valence-electron chi connectivity index (χ3n) is 1.39. The predicted octanol–water partition coefficient (Wildman–Crippen LogP) is 0.776. The summed E-state index contributed by atoms with van der Waals surface area (Å²) in [4.78, 5) is 9.66. The maximum atomic E-state index is 12.0. The zero-order chi connectivity index (χ0) is 6.91. The Bertz CT molecular complexity index is 123. The standard InChI is InChI=1S/C5H7F2NO.H2/c6-5(7)1-4(2-5)8-3-9;/h3-4H,1-2H2,(H,8,9);1H. The van der Waals surface area contributed by atoms with Crippen molar-refractivity contribution in [3.63, 3.8) is 0 Å². The predicted molar refractivity (Wildman–Crippen MR) is 29.3 cm³/mol.